The van der Waals surface area contributed by atoms with Crippen LogP contribution in [0, 0.1) is 18.3 Å². The molecule has 276 valence electrons. The fourth-order valence-electron chi connectivity index (χ4n) is 7.19. The van der Waals surface area contributed by atoms with Crippen molar-refractivity contribution in [3.63, 3.8) is 0 Å². The first kappa shape index (κ1) is 34.3. The molecule has 2 aliphatic rings. The van der Waals surface area contributed by atoms with Gasteiger partial charge in [0.2, 0.25) is 18.2 Å². The van der Waals surface area contributed by atoms with Gasteiger partial charge in [-0.25, -0.2) is 19.9 Å². The number of anilines is 2. The zero-order valence-electron chi connectivity index (χ0n) is 30.6. The molecule has 9 rings (SSSR count). The Bertz CT molecular complexity index is 2520. The first-order valence-electron chi connectivity index (χ1n) is 18.4. The molecule has 0 aliphatic carbocycles. The molecule has 4 aromatic heterocycles. The number of hydrogen-bond donors (Lipinski definition) is 0. The summed E-state index contributed by atoms with van der Waals surface area (Å²) in [6, 6.07) is 28.6. The number of imidazole rings is 2. The lowest BCUT2D eigenvalue weighted by Gasteiger charge is -2.33. The number of benzene rings is 3. The van der Waals surface area contributed by atoms with E-state index in [2.05, 4.69) is 50.5 Å². The van der Waals surface area contributed by atoms with Gasteiger partial charge in [0.25, 0.3) is 0 Å². The van der Waals surface area contributed by atoms with Gasteiger partial charge >= 0.3 is 0 Å². The Morgan fingerprint density at radius 2 is 1.47 bits per heavy atom. The number of hydrogen-bond acceptors (Lipinski definition) is 12. The summed E-state index contributed by atoms with van der Waals surface area (Å²) in [6.45, 7) is 8.34. The predicted octanol–water partition coefficient (Wildman–Crippen LogP) is 5.82. The van der Waals surface area contributed by atoms with Crippen LogP contribution in [0.5, 0.6) is 5.75 Å². The summed E-state index contributed by atoms with van der Waals surface area (Å²) in [6.07, 6.45) is 2.90. The maximum absolute atomic E-state index is 9.49. The Balaban J connectivity index is 1.03. The molecule has 2 aliphatic heterocycles. The van der Waals surface area contributed by atoms with Gasteiger partial charge in [-0.05, 0) is 37.6 Å². The van der Waals surface area contributed by atoms with E-state index in [9.17, 15) is 5.26 Å². The second-order valence-electron chi connectivity index (χ2n) is 13.7. The van der Waals surface area contributed by atoms with Crippen molar-refractivity contribution < 1.29 is 14.2 Å². The Labute approximate surface area is 317 Å². The topological polar surface area (TPSA) is 145 Å². The van der Waals surface area contributed by atoms with Gasteiger partial charge in [-0.15, -0.1) is 0 Å². The van der Waals surface area contributed by atoms with Crippen molar-refractivity contribution in [2.24, 2.45) is 0 Å². The number of nitrogens with zero attached hydrogens (tertiary/aromatic N) is 11. The molecular weight excluding hydrogens is 695 g/mol. The summed E-state index contributed by atoms with van der Waals surface area (Å²) in [4.78, 5) is 33.8. The van der Waals surface area contributed by atoms with Gasteiger partial charge in [0, 0.05) is 30.8 Å². The van der Waals surface area contributed by atoms with E-state index in [1.54, 1.807) is 10.9 Å². The lowest BCUT2D eigenvalue weighted by Crippen LogP contribution is -2.45. The van der Waals surface area contributed by atoms with Gasteiger partial charge in [0.1, 0.15) is 34.7 Å². The molecule has 6 heterocycles. The molecule has 7 aromatic rings. The summed E-state index contributed by atoms with van der Waals surface area (Å²) in [7, 11) is 0. The first-order chi connectivity index (χ1) is 27.0. The zero-order valence-corrected chi connectivity index (χ0v) is 30.6. The molecule has 2 atom stereocenters. The Kier molecular flexibility index (Phi) is 9.22. The van der Waals surface area contributed by atoms with Crippen LogP contribution < -0.4 is 14.5 Å². The molecule has 14 heteroatoms. The number of ether oxygens (including phenoxy) is 3. The molecule has 0 spiro atoms. The molecule has 55 heavy (non-hydrogen) atoms. The average molecular weight is 734 g/mol. The molecule has 0 amide bonds. The second kappa shape index (κ2) is 14.8. The monoisotopic (exact) mass is 733 g/mol. The molecular formula is C41H39N11O3. The zero-order chi connectivity index (χ0) is 37.3. The fourth-order valence-corrected chi connectivity index (χ4v) is 7.19. The van der Waals surface area contributed by atoms with Crippen LogP contribution in [-0.2, 0) is 16.0 Å². The maximum atomic E-state index is 9.49. The third-order valence-electron chi connectivity index (χ3n) is 10.1. The summed E-state index contributed by atoms with van der Waals surface area (Å²) in [5.74, 6) is 1.79. The number of aryl methyl sites for hydroxylation is 1. The van der Waals surface area contributed by atoms with Crippen molar-refractivity contribution in [1.29, 1.82) is 5.26 Å². The Hall–Kier alpha value is -6.43. The first-order valence-corrected chi connectivity index (χ1v) is 18.4. The third-order valence-corrected chi connectivity index (χ3v) is 10.1. The van der Waals surface area contributed by atoms with E-state index < -0.39 is 6.29 Å². The normalized spacial score (nSPS) is 16.7. The standard InChI is InChI=1S/C41H39N11O3/c1-27-8-6-11-30(22-27)34-36-38(51(15-14-42)25-43-36)47-41(46-34)50-18-21-54-33(24-50)55-32-13-7-12-31(23-32)35-37-39(48-40(45-35)49-16-19-53-20-17-49)52(26-44-37)28(2)29-9-4-3-5-10-29/h3-13,22-23,25-26,28,33H,15-21,24H2,1-2H3. The Morgan fingerprint density at radius 1 is 0.782 bits per heavy atom. The smallest absolute Gasteiger partial charge is 0.228 e. The number of nitriles is 1. The summed E-state index contributed by atoms with van der Waals surface area (Å²) >= 11 is 0. The lowest BCUT2D eigenvalue weighted by molar-refractivity contribution is -0.0866. The van der Waals surface area contributed by atoms with Gasteiger partial charge in [-0.1, -0.05) is 66.2 Å². The van der Waals surface area contributed by atoms with Crippen molar-refractivity contribution >= 4 is 34.2 Å². The highest BCUT2D eigenvalue weighted by atomic mass is 16.7. The van der Waals surface area contributed by atoms with Crippen LogP contribution in [0.25, 0.3) is 44.8 Å². The molecule has 2 saturated heterocycles. The van der Waals surface area contributed by atoms with Gasteiger partial charge in [0.05, 0.1) is 51.1 Å². The fraction of sp³-hybridized carbons (Fsp3) is 0.293. The van der Waals surface area contributed by atoms with Crippen molar-refractivity contribution in [2.45, 2.75) is 32.7 Å². The van der Waals surface area contributed by atoms with Gasteiger partial charge in [-0.3, -0.25) is 0 Å². The quantitative estimate of drug-likeness (QED) is 0.176. The summed E-state index contributed by atoms with van der Waals surface area (Å²) in [5.41, 5.74) is 8.23. The van der Waals surface area contributed by atoms with Crippen LogP contribution in [0.2, 0.25) is 0 Å². The van der Waals surface area contributed by atoms with Crippen LogP contribution in [0.1, 0.15) is 24.1 Å². The average Bonchev–Trinajstić information content (AvgIpc) is 3.85. The van der Waals surface area contributed by atoms with E-state index in [1.165, 1.54) is 0 Å². The minimum Gasteiger partial charge on any atom is -0.463 e. The number of fused-ring (bicyclic) bond motifs is 2. The van der Waals surface area contributed by atoms with Crippen molar-refractivity contribution in [3.8, 4) is 34.3 Å². The highest BCUT2D eigenvalue weighted by Gasteiger charge is 2.27. The minimum absolute atomic E-state index is 0.0111. The molecule has 0 radical (unpaired) electrons. The van der Waals surface area contributed by atoms with E-state index in [0.29, 0.717) is 86.0 Å². The highest BCUT2D eigenvalue weighted by Crippen LogP contribution is 2.33. The predicted molar refractivity (Wildman–Crippen MR) is 208 cm³/mol. The van der Waals surface area contributed by atoms with Crippen LogP contribution in [0.3, 0.4) is 0 Å². The van der Waals surface area contributed by atoms with E-state index >= 15 is 0 Å². The third kappa shape index (κ3) is 6.80. The van der Waals surface area contributed by atoms with Crippen molar-refractivity contribution in [2.75, 3.05) is 55.8 Å². The van der Waals surface area contributed by atoms with E-state index in [1.807, 2.05) is 73.9 Å². The van der Waals surface area contributed by atoms with E-state index in [4.69, 9.17) is 39.1 Å². The SMILES string of the molecule is Cc1cccc(-c2nc(N3CCOC(Oc4cccc(-c5nc(N6CCOCC6)nc6c5ncn6C(C)c5ccccc5)c4)C3)nc3c2ncn3CC#N)c1. The highest BCUT2D eigenvalue weighted by molar-refractivity contribution is 5.90. The van der Waals surface area contributed by atoms with Crippen LogP contribution >= 0.6 is 0 Å². The molecule has 14 nitrogen and oxygen atoms in total. The van der Waals surface area contributed by atoms with Crippen molar-refractivity contribution in [1.82, 2.24) is 39.0 Å². The van der Waals surface area contributed by atoms with Crippen molar-refractivity contribution in [3.05, 3.63) is 103 Å². The molecule has 0 bridgehead atoms. The lowest BCUT2D eigenvalue weighted by atomic mass is 10.1. The molecule has 0 saturated carbocycles. The number of rotatable bonds is 9. The van der Waals surface area contributed by atoms with E-state index in [-0.39, 0.29) is 12.6 Å². The van der Waals surface area contributed by atoms with Gasteiger partial charge in [-0.2, -0.15) is 15.2 Å². The summed E-state index contributed by atoms with van der Waals surface area (Å²) < 4.78 is 22.2. The second-order valence-corrected chi connectivity index (χ2v) is 13.7. The van der Waals surface area contributed by atoms with Crippen LogP contribution in [0.15, 0.2) is 91.5 Å². The maximum Gasteiger partial charge on any atom is 0.228 e. The minimum atomic E-state index is -0.602. The number of morpholine rings is 2. The van der Waals surface area contributed by atoms with Gasteiger partial charge in [0.15, 0.2) is 11.3 Å². The molecule has 2 unspecified atom stereocenters. The Morgan fingerprint density at radius 3 is 2.25 bits per heavy atom. The van der Waals surface area contributed by atoms with Gasteiger partial charge < -0.3 is 33.1 Å². The van der Waals surface area contributed by atoms with E-state index in [0.717, 1.165) is 33.6 Å². The van der Waals surface area contributed by atoms with Crippen LogP contribution in [-0.4, -0.2) is 91.3 Å². The molecule has 0 N–H and O–H groups in total. The van der Waals surface area contributed by atoms with Crippen LogP contribution in [0.4, 0.5) is 11.9 Å². The largest absolute Gasteiger partial charge is 0.463 e. The summed E-state index contributed by atoms with van der Waals surface area (Å²) in [5, 5.41) is 9.49. The molecule has 3 aromatic carbocycles. The number of aromatic nitrogens is 8. The molecule has 2 fully saturated rings.